The topological polar surface area (TPSA) is 76.1 Å². The van der Waals surface area contributed by atoms with E-state index in [0.717, 1.165) is 24.1 Å². The Morgan fingerprint density at radius 2 is 1.75 bits per heavy atom. The second kappa shape index (κ2) is 7.77. The Kier molecular flexibility index (Phi) is 5.73. The highest BCUT2D eigenvalue weighted by molar-refractivity contribution is 5.84. The van der Waals surface area contributed by atoms with Crippen molar-refractivity contribution in [2.45, 2.75) is 39.7 Å². The van der Waals surface area contributed by atoms with E-state index in [9.17, 15) is 4.79 Å². The van der Waals surface area contributed by atoms with Crippen molar-refractivity contribution in [3.63, 3.8) is 0 Å². The summed E-state index contributed by atoms with van der Waals surface area (Å²) in [6, 6.07) is 7.68. The van der Waals surface area contributed by atoms with E-state index >= 15 is 0 Å². The van der Waals surface area contributed by atoms with Gasteiger partial charge in [-0.2, -0.15) is 0 Å². The maximum Gasteiger partial charge on any atom is 0.412 e. The van der Waals surface area contributed by atoms with Gasteiger partial charge in [-0.3, -0.25) is 5.32 Å². The van der Waals surface area contributed by atoms with E-state index in [0.29, 0.717) is 11.6 Å². The summed E-state index contributed by atoms with van der Waals surface area (Å²) in [5.41, 5.74) is 2.40. The van der Waals surface area contributed by atoms with Crippen molar-refractivity contribution in [1.29, 1.82) is 0 Å². The molecular formula is C18H24N4O2. The van der Waals surface area contributed by atoms with E-state index in [4.69, 9.17) is 4.74 Å². The fraction of sp³-hybridized carbons (Fsp3) is 0.389. The van der Waals surface area contributed by atoms with Crippen molar-refractivity contribution in [2.24, 2.45) is 0 Å². The lowest BCUT2D eigenvalue weighted by molar-refractivity contribution is 0.0636. The third kappa shape index (κ3) is 6.24. The molecular weight excluding hydrogens is 304 g/mol. The number of carbonyl (C=O) groups excluding carboxylic acids is 1. The molecule has 2 aromatic rings. The van der Waals surface area contributed by atoms with Gasteiger partial charge in [-0.25, -0.2) is 14.8 Å². The number of aryl methyl sites for hydroxylation is 1. The summed E-state index contributed by atoms with van der Waals surface area (Å²) in [6.07, 6.45) is 3.96. The Morgan fingerprint density at radius 3 is 2.33 bits per heavy atom. The lowest BCUT2D eigenvalue weighted by Crippen LogP contribution is -2.27. The van der Waals surface area contributed by atoms with Gasteiger partial charge in [0.15, 0.2) is 0 Å². The van der Waals surface area contributed by atoms with Crippen molar-refractivity contribution in [1.82, 2.24) is 9.97 Å². The van der Waals surface area contributed by atoms with Crippen molar-refractivity contribution >= 4 is 17.7 Å². The first kappa shape index (κ1) is 17.7. The van der Waals surface area contributed by atoms with Gasteiger partial charge in [-0.05, 0) is 57.4 Å². The zero-order valence-electron chi connectivity index (χ0n) is 14.6. The fourth-order valence-corrected chi connectivity index (χ4v) is 1.98. The molecule has 0 spiro atoms. The normalized spacial score (nSPS) is 11.0. The minimum absolute atomic E-state index is 0.451. The number of anilines is 2. The van der Waals surface area contributed by atoms with Crippen molar-refractivity contribution in [3.8, 4) is 0 Å². The number of nitrogens with zero attached hydrogens (tertiary/aromatic N) is 2. The van der Waals surface area contributed by atoms with Gasteiger partial charge in [0.1, 0.15) is 5.60 Å². The van der Waals surface area contributed by atoms with E-state index in [1.165, 1.54) is 0 Å². The van der Waals surface area contributed by atoms with Gasteiger partial charge in [0, 0.05) is 24.6 Å². The minimum atomic E-state index is -0.506. The van der Waals surface area contributed by atoms with Gasteiger partial charge in [-0.1, -0.05) is 12.1 Å². The zero-order chi connectivity index (χ0) is 17.6. The number of benzene rings is 1. The van der Waals surface area contributed by atoms with E-state index in [-0.39, 0.29) is 0 Å². The summed E-state index contributed by atoms with van der Waals surface area (Å²) in [4.78, 5) is 20.1. The Balaban J connectivity index is 1.79. The molecule has 2 N–H and O–H groups in total. The molecule has 1 amide bonds. The number of ether oxygens (including phenoxy) is 1. The average Bonchev–Trinajstić information content (AvgIpc) is 2.49. The lowest BCUT2D eigenvalue weighted by atomic mass is 10.1. The number of hydrogen-bond acceptors (Lipinski definition) is 5. The second-order valence-corrected chi connectivity index (χ2v) is 6.58. The largest absolute Gasteiger partial charge is 0.444 e. The third-order valence-corrected chi connectivity index (χ3v) is 3.08. The highest BCUT2D eigenvalue weighted by Crippen LogP contribution is 2.13. The van der Waals surface area contributed by atoms with Crippen LogP contribution in [0.2, 0.25) is 0 Å². The molecule has 1 aromatic carbocycles. The molecule has 1 heterocycles. The molecule has 0 fully saturated rings. The quantitative estimate of drug-likeness (QED) is 0.873. The van der Waals surface area contributed by atoms with Gasteiger partial charge in [-0.15, -0.1) is 0 Å². The van der Waals surface area contributed by atoms with Crippen LogP contribution in [-0.4, -0.2) is 28.2 Å². The van der Waals surface area contributed by atoms with Gasteiger partial charge >= 0.3 is 6.09 Å². The zero-order valence-corrected chi connectivity index (χ0v) is 14.6. The van der Waals surface area contributed by atoms with Crippen molar-refractivity contribution in [2.75, 3.05) is 17.2 Å². The van der Waals surface area contributed by atoms with Crippen LogP contribution in [0.15, 0.2) is 36.7 Å². The fourth-order valence-electron chi connectivity index (χ4n) is 1.98. The summed E-state index contributed by atoms with van der Waals surface area (Å²) in [5, 5.41) is 5.90. The molecule has 6 heteroatoms. The number of nitrogens with one attached hydrogen (secondary N) is 2. The Labute approximate surface area is 142 Å². The van der Waals surface area contributed by atoms with Crippen LogP contribution >= 0.6 is 0 Å². The predicted molar refractivity (Wildman–Crippen MR) is 95.3 cm³/mol. The number of carbonyl (C=O) groups is 1. The summed E-state index contributed by atoms with van der Waals surface area (Å²) >= 11 is 0. The molecule has 0 aliphatic carbocycles. The molecule has 0 saturated heterocycles. The summed E-state index contributed by atoms with van der Waals surface area (Å²) in [7, 11) is 0. The Bertz CT molecular complexity index is 661. The van der Waals surface area contributed by atoms with Gasteiger partial charge in [0.2, 0.25) is 5.95 Å². The van der Waals surface area contributed by atoms with E-state index in [1.54, 1.807) is 12.4 Å². The molecule has 0 aliphatic heterocycles. The first-order valence-corrected chi connectivity index (χ1v) is 7.93. The minimum Gasteiger partial charge on any atom is -0.444 e. The Hall–Kier alpha value is -2.63. The Morgan fingerprint density at radius 1 is 1.12 bits per heavy atom. The predicted octanol–water partition coefficient (Wildman–Crippen LogP) is 3.79. The summed E-state index contributed by atoms with van der Waals surface area (Å²) < 4.78 is 5.22. The van der Waals surface area contributed by atoms with Crippen LogP contribution in [0.3, 0.4) is 0 Å². The standard InChI is InChI=1S/C18H24N4O2/c1-13-11-20-16(21-12-13)19-10-9-14-5-7-15(8-6-14)22-17(23)24-18(2,3)4/h5-8,11-12H,9-10H2,1-4H3,(H,22,23)(H,19,20,21). The maximum absolute atomic E-state index is 11.7. The number of aromatic nitrogens is 2. The molecule has 0 atom stereocenters. The van der Waals surface area contributed by atoms with Crippen LogP contribution in [0.25, 0.3) is 0 Å². The highest BCUT2D eigenvalue weighted by atomic mass is 16.6. The molecule has 0 aliphatic rings. The van der Waals surface area contributed by atoms with Crippen LogP contribution in [0.1, 0.15) is 31.9 Å². The molecule has 24 heavy (non-hydrogen) atoms. The smallest absolute Gasteiger partial charge is 0.412 e. The van der Waals surface area contributed by atoms with Crippen LogP contribution in [0.4, 0.5) is 16.4 Å². The van der Waals surface area contributed by atoms with Crippen LogP contribution in [0.5, 0.6) is 0 Å². The number of rotatable bonds is 5. The van der Waals surface area contributed by atoms with E-state index in [2.05, 4.69) is 20.6 Å². The highest BCUT2D eigenvalue weighted by Gasteiger charge is 2.15. The maximum atomic E-state index is 11.7. The number of hydrogen-bond donors (Lipinski definition) is 2. The molecule has 2 rings (SSSR count). The van der Waals surface area contributed by atoms with Crippen LogP contribution < -0.4 is 10.6 Å². The molecule has 0 radical (unpaired) electrons. The van der Waals surface area contributed by atoms with Crippen LogP contribution in [-0.2, 0) is 11.2 Å². The third-order valence-electron chi connectivity index (χ3n) is 3.08. The van der Waals surface area contributed by atoms with E-state index in [1.807, 2.05) is 52.0 Å². The summed E-state index contributed by atoms with van der Waals surface area (Å²) in [5.74, 6) is 0.629. The van der Waals surface area contributed by atoms with Crippen LogP contribution in [0, 0.1) is 6.92 Å². The van der Waals surface area contributed by atoms with E-state index < -0.39 is 11.7 Å². The molecule has 0 saturated carbocycles. The van der Waals surface area contributed by atoms with Gasteiger partial charge in [0.05, 0.1) is 0 Å². The monoisotopic (exact) mass is 328 g/mol. The average molecular weight is 328 g/mol. The molecule has 128 valence electrons. The first-order valence-electron chi connectivity index (χ1n) is 7.93. The summed E-state index contributed by atoms with van der Waals surface area (Å²) in [6.45, 7) is 8.19. The SMILES string of the molecule is Cc1cnc(NCCc2ccc(NC(=O)OC(C)(C)C)cc2)nc1. The molecule has 0 bridgehead atoms. The molecule has 1 aromatic heterocycles. The molecule has 0 unspecified atom stereocenters. The second-order valence-electron chi connectivity index (χ2n) is 6.58. The number of amides is 1. The molecule has 6 nitrogen and oxygen atoms in total. The van der Waals surface area contributed by atoms with Crippen molar-refractivity contribution in [3.05, 3.63) is 47.8 Å². The van der Waals surface area contributed by atoms with Crippen molar-refractivity contribution < 1.29 is 9.53 Å². The lowest BCUT2D eigenvalue weighted by Gasteiger charge is -2.19. The van der Waals surface area contributed by atoms with Gasteiger partial charge < -0.3 is 10.1 Å². The van der Waals surface area contributed by atoms with Gasteiger partial charge in [0.25, 0.3) is 0 Å². The first-order chi connectivity index (χ1) is 11.3.